The average Bonchev–Trinajstić information content (AvgIpc) is 3.04. The SMILES string of the molecule is COc1cccc2c(C(=O)C3CCCC3)c(C)[nH]c12. The highest BCUT2D eigenvalue weighted by Gasteiger charge is 2.27. The topological polar surface area (TPSA) is 42.1 Å². The number of carbonyl (C=O) groups is 1. The van der Waals surface area contributed by atoms with E-state index in [-0.39, 0.29) is 5.92 Å². The van der Waals surface area contributed by atoms with Gasteiger partial charge in [-0.15, -0.1) is 0 Å². The Morgan fingerprint density at radius 3 is 2.74 bits per heavy atom. The van der Waals surface area contributed by atoms with Gasteiger partial charge in [-0.2, -0.15) is 0 Å². The Bertz CT molecular complexity index is 621. The lowest BCUT2D eigenvalue weighted by molar-refractivity contribution is 0.0924. The summed E-state index contributed by atoms with van der Waals surface area (Å²) in [5.74, 6) is 1.31. The molecule has 3 nitrogen and oxygen atoms in total. The number of hydrogen-bond acceptors (Lipinski definition) is 2. The van der Waals surface area contributed by atoms with E-state index >= 15 is 0 Å². The molecule has 0 spiro atoms. The summed E-state index contributed by atoms with van der Waals surface area (Å²) in [4.78, 5) is 16.0. The molecule has 3 rings (SSSR count). The van der Waals surface area contributed by atoms with E-state index in [1.54, 1.807) is 7.11 Å². The number of ketones is 1. The molecule has 1 saturated carbocycles. The minimum absolute atomic E-state index is 0.212. The quantitative estimate of drug-likeness (QED) is 0.848. The second-order valence-corrected chi connectivity index (χ2v) is 5.35. The number of methoxy groups -OCH3 is 1. The Labute approximate surface area is 113 Å². The number of benzene rings is 1. The molecule has 19 heavy (non-hydrogen) atoms. The number of para-hydroxylation sites is 1. The highest BCUT2D eigenvalue weighted by molar-refractivity contribution is 6.11. The highest BCUT2D eigenvalue weighted by atomic mass is 16.5. The standard InChI is InChI=1S/C16H19NO2/c1-10-14(16(18)11-6-3-4-7-11)12-8-5-9-13(19-2)15(12)17-10/h5,8-9,11,17H,3-4,6-7H2,1-2H3. The summed E-state index contributed by atoms with van der Waals surface area (Å²) in [6.07, 6.45) is 4.44. The molecule has 1 fully saturated rings. The Kier molecular flexibility index (Phi) is 3.05. The molecule has 1 aromatic carbocycles. The van der Waals surface area contributed by atoms with E-state index in [9.17, 15) is 4.79 Å². The average molecular weight is 257 g/mol. The van der Waals surface area contributed by atoms with Crippen LogP contribution in [0.3, 0.4) is 0 Å². The van der Waals surface area contributed by atoms with E-state index in [0.717, 1.165) is 40.8 Å². The van der Waals surface area contributed by atoms with Gasteiger partial charge in [-0.3, -0.25) is 4.79 Å². The number of fused-ring (bicyclic) bond motifs is 1. The zero-order valence-corrected chi connectivity index (χ0v) is 11.5. The van der Waals surface area contributed by atoms with E-state index < -0.39 is 0 Å². The van der Waals surface area contributed by atoms with Crippen molar-refractivity contribution in [2.45, 2.75) is 32.6 Å². The fraction of sp³-hybridized carbons (Fsp3) is 0.438. The first-order valence-electron chi connectivity index (χ1n) is 6.92. The molecule has 0 aliphatic heterocycles. The molecule has 0 unspecified atom stereocenters. The van der Waals surface area contributed by atoms with Gasteiger partial charge in [-0.25, -0.2) is 0 Å². The molecule has 3 heteroatoms. The van der Waals surface area contributed by atoms with Gasteiger partial charge in [-0.1, -0.05) is 25.0 Å². The Morgan fingerprint density at radius 1 is 1.32 bits per heavy atom. The third-order valence-electron chi connectivity index (χ3n) is 4.18. The number of rotatable bonds is 3. The van der Waals surface area contributed by atoms with Gasteiger partial charge in [0.2, 0.25) is 0 Å². The molecule has 1 N–H and O–H groups in total. The predicted octanol–water partition coefficient (Wildman–Crippen LogP) is 3.86. The summed E-state index contributed by atoms with van der Waals surface area (Å²) in [5.41, 5.74) is 2.75. The molecule has 0 bridgehead atoms. The smallest absolute Gasteiger partial charge is 0.168 e. The Balaban J connectivity index is 2.12. The molecule has 100 valence electrons. The van der Waals surface area contributed by atoms with Gasteiger partial charge in [0, 0.05) is 22.6 Å². The van der Waals surface area contributed by atoms with Crippen LogP contribution in [0.5, 0.6) is 5.75 Å². The monoisotopic (exact) mass is 257 g/mol. The van der Waals surface area contributed by atoms with E-state index in [2.05, 4.69) is 4.98 Å². The maximum Gasteiger partial charge on any atom is 0.168 e. The number of nitrogens with one attached hydrogen (secondary N) is 1. The summed E-state index contributed by atoms with van der Waals surface area (Å²) < 4.78 is 5.36. The van der Waals surface area contributed by atoms with Crippen LogP contribution in [0.1, 0.15) is 41.7 Å². The van der Waals surface area contributed by atoms with E-state index in [1.807, 2.05) is 25.1 Å². The van der Waals surface area contributed by atoms with Crippen molar-refractivity contribution >= 4 is 16.7 Å². The largest absolute Gasteiger partial charge is 0.495 e. The van der Waals surface area contributed by atoms with Crippen molar-refractivity contribution in [3.8, 4) is 5.75 Å². The molecule has 0 atom stereocenters. The second-order valence-electron chi connectivity index (χ2n) is 5.35. The van der Waals surface area contributed by atoms with Gasteiger partial charge < -0.3 is 9.72 Å². The Hall–Kier alpha value is -1.77. The number of Topliss-reactive ketones (excluding diaryl/α,β-unsaturated/α-hetero) is 1. The fourth-order valence-electron chi connectivity index (χ4n) is 3.20. The highest BCUT2D eigenvalue weighted by Crippen LogP contribution is 2.34. The lowest BCUT2D eigenvalue weighted by atomic mass is 9.94. The van der Waals surface area contributed by atoms with Crippen LogP contribution < -0.4 is 4.74 Å². The second kappa shape index (κ2) is 4.72. The first kappa shape index (κ1) is 12.3. The minimum Gasteiger partial charge on any atom is -0.495 e. The van der Waals surface area contributed by atoms with E-state index in [1.165, 1.54) is 12.8 Å². The van der Waals surface area contributed by atoms with Crippen molar-refractivity contribution in [2.75, 3.05) is 7.11 Å². The van der Waals surface area contributed by atoms with Gasteiger partial charge in [0.15, 0.2) is 5.78 Å². The fourth-order valence-corrected chi connectivity index (χ4v) is 3.20. The van der Waals surface area contributed by atoms with Gasteiger partial charge in [0.1, 0.15) is 5.75 Å². The molecule has 0 amide bonds. The van der Waals surface area contributed by atoms with Gasteiger partial charge in [0.25, 0.3) is 0 Å². The zero-order valence-electron chi connectivity index (χ0n) is 11.5. The number of carbonyl (C=O) groups excluding carboxylic acids is 1. The number of ether oxygens (including phenoxy) is 1. The summed E-state index contributed by atoms with van der Waals surface area (Å²) in [6, 6.07) is 5.87. The minimum atomic E-state index is 0.212. The molecule has 0 radical (unpaired) electrons. The summed E-state index contributed by atoms with van der Waals surface area (Å²) >= 11 is 0. The van der Waals surface area contributed by atoms with Crippen molar-refractivity contribution in [3.63, 3.8) is 0 Å². The number of hydrogen-bond donors (Lipinski definition) is 1. The third-order valence-corrected chi connectivity index (χ3v) is 4.18. The predicted molar refractivity (Wildman–Crippen MR) is 75.9 cm³/mol. The molecule has 1 heterocycles. The number of aromatic nitrogens is 1. The molecule has 1 aromatic heterocycles. The van der Waals surface area contributed by atoms with Crippen molar-refractivity contribution < 1.29 is 9.53 Å². The first-order valence-corrected chi connectivity index (χ1v) is 6.92. The van der Waals surface area contributed by atoms with Crippen LogP contribution >= 0.6 is 0 Å². The molecule has 1 aliphatic carbocycles. The lowest BCUT2D eigenvalue weighted by Gasteiger charge is -2.08. The van der Waals surface area contributed by atoms with Crippen molar-refractivity contribution in [2.24, 2.45) is 5.92 Å². The molecule has 2 aromatic rings. The maximum absolute atomic E-state index is 12.7. The normalized spacial score (nSPS) is 16.1. The van der Waals surface area contributed by atoms with Crippen LogP contribution in [-0.2, 0) is 0 Å². The van der Waals surface area contributed by atoms with Crippen LogP contribution in [0.2, 0.25) is 0 Å². The summed E-state index contributed by atoms with van der Waals surface area (Å²) in [6.45, 7) is 1.97. The lowest BCUT2D eigenvalue weighted by Crippen LogP contribution is -2.11. The van der Waals surface area contributed by atoms with Crippen molar-refractivity contribution in [3.05, 3.63) is 29.5 Å². The van der Waals surface area contributed by atoms with Gasteiger partial charge in [-0.05, 0) is 25.8 Å². The number of H-pyrrole nitrogens is 1. The van der Waals surface area contributed by atoms with Crippen LogP contribution in [0, 0.1) is 12.8 Å². The van der Waals surface area contributed by atoms with Crippen LogP contribution in [0.4, 0.5) is 0 Å². The summed E-state index contributed by atoms with van der Waals surface area (Å²) in [7, 11) is 1.66. The van der Waals surface area contributed by atoms with Crippen LogP contribution in [0.15, 0.2) is 18.2 Å². The molecular formula is C16H19NO2. The number of aromatic amines is 1. The van der Waals surface area contributed by atoms with Crippen molar-refractivity contribution in [1.82, 2.24) is 4.98 Å². The number of aryl methyl sites for hydroxylation is 1. The molecular weight excluding hydrogens is 238 g/mol. The maximum atomic E-state index is 12.7. The Morgan fingerprint density at radius 2 is 2.05 bits per heavy atom. The van der Waals surface area contributed by atoms with E-state index in [4.69, 9.17) is 4.74 Å². The third kappa shape index (κ3) is 1.93. The zero-order chi connectivity index (χ0) is 13.4. The molecule has 1 aliphatic rings. The summed E-state index contributed by atoms with van der Waals surface area (Å²) in [5, 5.41) is 0.994. The van der Waals surface area contributed by atoms with Crippen LogP contribution in [-0.4, -0.2) is 17.9 Å². The van der Waals surface area contributed by atoms with Gasteiger partial charge >= 0.3 is 0 Å². The molecule has 0 saturated heterocycles. The van der Waals surface area contributed by atoms with E-state index in [0.29, 0.717) is 5.78 Å². The van der Waals surface area contributed by atoms with Crippen LogP contribution in [0.25, 0.3) is 10.9 Å². The first-order chi connectivity index (χ1) is 9.22. The van der Waals surface area contributed by atoms with Crippen molar-refractivity contribution in [1.29, 1.82) is 0 Å². The van der Waals surface area contributed by atoms with Gasteiger partial charge in [0.05, 0.1) is 12.6 Å².